The lowest BCUT2D eigenvalue weighted by atomic mass is 10.1. The molecule has 2 aromatic carbocycles. The zero-order valence-corrected chi connectivity index (χ0v) is 22.0. The zero-order chi connectivity index (χ0) is 24.3. The van der Waals surface area contributed by atoms with Crippen molar-refractivity contribution in [2.45, 2.75) is 77.4 Å². The summed E-state index contributed by atoms with van der Waals surface area (Å²) in [4.78, 5) is 12.8. The number of aromatic nitrogens is 3. The molecule has 5 nitrogen and oxygen atoms in total. The molecular formula is C27H35ClN4OS. The number of hydrogen-bond acceptors (Lipinski definition) is 4. The van der Waals surface area contributed by atoms with Crippen LogP contribution in [0.5, 0.6) is 0 Å². The minimum absolute atomic E-state index is 0.0313. The predicted molar refractivity (Wildman–Crippen MR) is 144 cm³/mol. The number of benzene rings is 2. The standard InChI is InChI=1S/C27H35ClN4OS/c1-4-6-7-8-9-10-18-32-26(22-14-16-23(28)17-15-22)30-31-27(32)34-19-24(33)29-25-20(3)12-11-13-21(25)5-2/h11-17H,4-10,18-19H2,1-3H3,(H,29,33). The normalized spacial score (nSPS) is 11.1. The van der Waals surface area contributed by atoms with Crippen LogP contribution in [0, 0.1) is 6.92 Å². The van der Waals surface area contributed by atoms with Crippen molar-refractivity contribution < 1.29 is 4.79 Å². The molecule has 0 aliphatic carbocycles. The molecule has 1 aromatic heterocycles. The van der Waals surface area contributed by atoms with Crippen molar-refractivity contribution in [3.63, 3.8) is 0 Å². The van der Waals surface area contributed by atoms with E-state index in [0.29, 0.717) is 5.02 Å². The SMILES string of the molecule is CCCCCCCCn1c(SCC(=O)Nc2c(C)cccc2CC)nnc1-c1ccc(Cl)cc1. The zero-order valence-electron chi connectivity index (χ0n) is 20.4. The van der Waals surface area contributed by atoms with E-state index >= 15 is 0 Å². The molecule has 182 valence electrons. The number of aryl methyl sites for hydroxylation is 2. The molecule has 0 radical (unpaired) electrons. The fourth-order valence-corrected chi connectivity index (χ4v) is 4.86. The molecule has 0 aliphatic rings. The lowest BCUT2D eigenvalue weighted by Crippen LogP contribution is -2.16. The fourth-order valence-electron chi connectivity index (χ4n) is 3.97. The van der Waals surface area contributed by atoms with Gasteiger partial charge in [0.25, 0.3) is 0 Å². The van der Waals surface area contributed by atoms with Gasteiger partial charge in [0.15, 0.2) is 11.0 Å². The highest BCUT2D eigenvalue weighted by molar-refractivity contribution is 7.99. The molecular weight excluding hydrogens is 464 g/mol. The van der Waals surface area contributed by atoms with Crippen LogP contribution < -0.4 is 5.32 Å². The maximum absolute atomic E-state index is 12.8. The Balaban J connectivity index is 1.70. The van der Waals surface area contributed by atoms with Crippen molar-refractivity contribution in [1.29, 1.82) is 0 Å². The van der Waals surface area contributed by atoms with Crippen molar-refractivity contribution in [2.75, 3.05) is 11.1 Å². The van der Waals surface area contributed by atoms with Crippen LogP contribution in [0.3, 0.4) is 0 Å². The molecule has 0 spiro atoms. The first-order valence-corrected chi connectivity index (χ1v) is 13.6. The van der Waals surface area contributed by atoms with E-state index in [1.807, 2.05) is 43.3 Å². The summed E-state index contributed by atoms with van der Waals surface area (Å²) >= 11 is 7.52. The fraction of sp³-hybridized carbons (Fsp3) is 0.444. The van der Waals surface area contributed by atoms with Gasteiger partial charge in [0.2, 0.25) is 5.91 Å². The highest BCUT2D eigenvalue weighted by atomic mass is 35.5. The molecule has 3 rings (SSSR count). The minimum atomic E-state index is -0.0313. The second kappa shape index (κ2) is 13.5. The Kier molecular flexibility index (Phi) is 10.5. The number of hydrogen-bond donors (Lipinski definition) is 1. The van der Waals surface area contributed by atoms with E-state index in [1.54, 1.807) is 0 Å². The topological polar surface area (TPSA) is 59.8 Å². The number of anilines is 1. The molecule has 0 aliphatic heterocycles. The summed E-state index contributed by atoms with van der Waals surface area (Å²) in [5.74, 6) is 1.07. The van der Waals surface area contributed by atoms with Gasteiger partial charge in [-0.15, -0.1) is 10.2 Å². The molecule has 0 saturated carbocycles. The van der Waals surface area contributed by atoms with Gasteiger partial charge in [-0.05, 0) is 55.2 Å². The van der Waals surface area contributed by atoms with Gasteiger partial charge < -0.3 is 9.88 Å². The maximum atomic E-state index is 12.8. The lowest BCUT2D eigenvalue weighted by Gasteiger charge is -2.13. The van der Waals surface area contributed by atoms with Crippen molar-refractivity contribution in [2.24, 2.45) is 0 Å². The third kappa shape index (κ3) is 7.34. The Labute approximate surface area is 212 Å². The Hall–Kier alpha value is -2.31. The molecule has 0 saturated heterocycles. The smallest absolute Gasteiger partial charge is 0.234 e. The van der Waals surface area contributed by atoms with Gasteiger partial charge in [-0.25, -0.2) is 0 Å². The Morgan fingerprint density at radius 2 is 1.74 bits per heavy atom. The number of amides is 1. The third-order valence-corrected chi connectivity index (χ3v) is 7.11. The molecule has 0 unspecified atom stereocenters. The number of nitrogens with zero attached hydrogens (tertiary/aromatic N) is 3. The number of rotatable bonds is 13. The highest BCUT2D eigenvalue weighted by Crippen LogP contribution is 2.27. The van der Waals surface area contributed by atoms with Crippen molar-refractivity contribution in [3.05, 3.63) is 58.6 Å². The Morgan fingerprint density at radius 3 is 2.47 bits per heavy atom. The van der Waals surface area contributed by atoms with E-state index in [2.05, 4.69) is 40.0 Å². The molecule has 34 heavy (non-hydrogen) atoms. The summed E-state index contributed by atoms with van der Waals surface area (Å²) in [5, 5.41) is 13.5. The van der Waals surface area contributed by atoms with Crippen LogP contribution in [0.4, 0.5) is 5.69 Å². The van der Waals surface area contributed by atoms with E-state index < -0.39 is 0 Å². The molecule has 0 bridgehead atoms. The van der Waals surface area contributed by atoms with E-state index in [9.17, 15) is 4.79 Å². The summed E-state index contributed by atoms with van der Waals surface area (Å²) in [6.07, 6.45) is 8.18. The van der Waals surface area contributed by atoms with Crippen LogP contribution in [0.1, 0.15) is 63.5 Å². The summed E-state index contributed by atoms with van der Waals surface area (Å²) < 4.78 is 2.15. The minimum Gasteiger partial charge on any atom is -0.325 e. The number of nitrogens with one attached hydrogen (secondary N) is 1. The summed E-state index contributed by atoms with van der Waals surface area (Å²) in [6.45, 7) is 7.19. The number of carbonyl (C=O) groups excluding carboxylic acids is 1. The molecule has 7 heteroatoms. The largest absolute Gasteiger partial charge is 0.325 e. The van der Waals surface area contributed by atoms with E-state index in [4.69, 9.17) is 11.6 Å². The number of unbranched alkanes of at least 4 members (excludes halogenated alkanes) is 5. The van der Waals surface area contributed by atoms with Gasteiger partial charge >= 0.3 is 0 Å². The quantitative estimate of drug-likeness (QED) is 0.195. The van der Waals surface area contributed by atoms with E-state index in [-0.39, 0.29) is 11.7 Å². The van der Waals surface area contributed by atoms with Crippen molar-refractivity contribution >= 4 is 35.0 Å². The molecule has 0 fully saturated rings. The molecule has 0 atom stereocenters. The number of thioether (sulfide) groups is 1. The summed E-state index contributed by atoms with van der Waals surface area (Å²) in [7, 11) is 0. The van der Waals surface area contributed by atoms with Crippen LogP contribution in [0.15, 0.2) is 47.6 Å². The van der Waals surface area contributed by atoms with Gasteiger partial charge in [0, 0.05) is 22.8 Å². The maximum Gasteiger partial charge on any atom is 0.234 e. The van der Waals surface area contributed by atoms with E-state index in [1.165, 1.54) is 43.9 Å². The Morgan fingerprint density at radius 1 is 1.00 bits per heavy atom. The van der Waals surface area contributed by atoms with Gasteiger partial charge in [-0.1, -0.05) is 87.5 Å². The lowest BCUT2D eigenvalue weighted by molar-refractivity contribution is -0.113. The molecule has 3 aromatic rings. The van der Waals surface area contributed by atoms with Gasteiger partial charge in [-0.2, -0.15) is 0 Å². The van der Waals surface area contributed by atoms with Gasteiger partial charge in [-0.3, -0.25) is 4.79 Å². The molecule has 1 N–H and O–H groups in total. The van der Waals surface area contributed by atoms with Crippen LogP contribution in [-0.4, -0.2) is 26.4 Å². The first-order valence-electron chi connectivity index (χ1n) is 12.2. The van der Waals surface area contributed by atoms with E-state index in [0.717, 1.165) is 52.7 Å². The second-order valence-electron chi connectivity index (χ2n) is 8.53. The van der Waals surface area contributed by atoms with Crippen molar-refractivity contribution in [1.82, 2.24) is 14.8 Å². The third-order valence-electron chi connectivity index (χ3n) is 5.89. The van der Waals surface area contributed by atoms with Crippen LogP contribution in [-0.2, 0) is 17.8 Å². The average Bonchev–Trinajstić information content (AvgIpc) is 3.24. The predicted octanol–water partition coefficient (Wildman–Crippen LogP) is 7.56. The van der Waals surface area contributed by atoms with Crippen LogP contribution in [0.2, 0.25) is 5.02 Å². The first kappa shape index (κ1) is 26.3. The average molecular weight is 499 g/mol. The first-order chi connectivity index (χ1) is 16.5. The summed E-state index contributed by atoms with van der Waals surface area (Å²) in [6, 6.07) is 13.8. The Bertz CT molecular complexity index is 1060. The van der Waals surface area contributed by atoms with Gasteiger partial charge in [0.05, 0.1) is 5.75 Å². The van der Waals surface area contributed by atoms with Crippen molar-refractivity contribution in [3.8, 4) is 11.4 Å². The molecule has 1 heterocycles. The van der Waals surface area contributed by atoms with Crippen LogP contribution in [0.25, 0.3) is 11.4 Å². The number of carbonyl (C=O) groups is 1. The van der Waals surface area contributed by atoms with Crippen LogP contribution >= 0.6 is 23.4 Å². The highest BCUT2D eigenvalue weighted by Gasteiger charge is 2.16. The monoisotopic (exact) mass is 498 g/mol. The number of para-hydroxylation sites is 1. The summed E-state index contributed by atoms with van der Waals surface area (Å²) in [5.41, 5.74) is 4.13. The molecule has 1 amide bonds. The second-order valence-corrected chi connectivity index (χ2v) is 9.91. The van der Waals surface area contributed by atoms with Gasteiger partial charge in [0.1, 0.15) is 0 Å². The number of halogens is 1.